The molecule has 0 bridgehead atoms. The fourth-order valence-electron chi connectivity index (χ4n) is 3.13. The number of rotatable bonds is 4. The molecule has 1 aromatic rings. The molecular weight excluding hydrogens is 327 g/mol. The van der Waals surface area contributed by atoms with Crippen molar-refractivity contribution in [3.63, 3.8) is 0 Å². The Hall–Kier alpha value is -2.35. The number of nitrogens with zero attached hydrogens (tertiary/aromatic N) is 1. The first-order chi connectivity index (χ1) is 12.1. The van der Waals surface area contributed by atoms with Crippen LogP contribution >= 0.6 is 0 Å². The molecule has 2 aliphatic rings. The van der Waals surface area contributed by atoms with Crippen LogP contribution in [-0.4, -0.2) is 48.7 Å². The number of amides is 3. The number of benzene rings is 1. The molecule has 3 amide bonds. The van der Waals surface area contributed by atoms with Gasteiger partial charge in [-0.25, -0.2) is 9.18 Å². The Morgan fingerprint density at radius 2 is 1.84 bits per heavy atom. The molecule has 25 heavy (non-hydrogen) atoms. The van der Waals surface area contributed by atoms with Gasteiger partial charge in [0, 0.05) is 25.8 Å². The molecule has 0 radical (unpaired) electrons. The van der Waals surface area contributed by atoms with Crippen LogP contribution in [0.4, 0.5) is 14.9 Å². The number of likely N-dealkylation sites (tertiary alicyclic amines) is 1. The number of halogens is 1. The number of ether oxygens (including phenoxy) is 1. The predicted octanol–water partition coefficient (Wildman–Crippen LogP) is 1.62. The molecule has 8 heteroatoms. The quantitative estimate of drug-likeness (QED) is 0.721. The summed E-state index contributed by atoms with van der Waals surface area (Å²) in [5.74, 6) is -0.618. The summed E-state index contributed by atoms with van der Waals surface area (Å²) < 4.78 is 18.2. The van der Waals surface area contributed by atoms with E-state index in [1.54, 1.807) is 4.90 Å². The van der Waals surface area contributed by atoms with Crippen molar-refractivity contribution in [3.8, 4) is 0 Å². The summed E-state index contributed by atoms with van der Waals surface area (Å²) in [7, 11) is 0. The van der Waals surface area contributed by atoms with E-state index in [-0.39, 0.29) is 23.8 Å². The third-order valence-corrected chi connectivity index (χ3v) is 4.54. The number of nitrogens with one attached hydrogen (secondary N) is 3. The summed E-state index contributed by atoms with van der Waals surface area (Å²) in [5.41, 5.74) is 5.92. The molecule has 0 spiro atoms. The van der Waals surface area contributed by atoms with E-state index in [0.29, 0.717) is 31.9 Å². The molecule has 2 saturated heterocycles. The van der Waals surface area contributed by atoms with Crippen LogP contribution in [0.15, 0.2) is 24.3 Å². The molecule has 1 unspecified atom stereocenters. The largest absolute Gasteiger partial charge is 0.381 e. The number of hydrogen-bond donors (Lipinski definition) is 3. The summed E-state index contributed by atoms with van der Waals surface area (Å²) in [4.78, 5) is 26.5. The molecule has 2 fully saturated rings. The van der Waals surface area contributed by atoms with Gasteiger partial charge >= 0.3 is 6.03 Å². The van der Waals surface area contributed by atoms with Crippen molar-refractivity contribution in [1.29, 1.82) is 0 Å². The Kier molecular flexibility index (Phi) is 5.70. The van der Waals surface area contributed by atoms with Gasteiger partial charge in [-0.1, -0.05) is 0 Å². The molecule has 0 saturated carbocycles. The van der Waals surface area contributed by atoms with Crippen molar-refractivity contribution in [3.05, 3.63) is 30.1 Å². The molecule has 1 aromatic carbocycles. The zero-order chi connectivity index (χ0) is 17.6. The van der Waals surface area contributed by atoms with Crippen LogP contribution in [0.2, 0.25) is 0 Å². The third kappa shape index (κ3) is 4.60. The minimum Gasteiger partial charge on any atom is -0.381 e. The van der Waals surface area contributed by atoms with Crippen molar-refractivity contribution in [2.75, 3.05) is 25.2 Å². The van der Waals surface area contributed by atoms with Gasteiger partial charge in [0.25, 0.3) is 5.91 Å². The van der Waals surface area contributed by atoms with Gasteiger partial charge in [0.15, 0.2) is 0 Å². The number of anilines is 1. The van der Waals surface area contributed by atoms with E-state index in [4.69, 9.17) is 4.74 Å². The van der Waals surface area contributed by atoms with Crippen LogP contribution < -0.4 is 16.2 Å². The van der Waals surface area contributed by atoms with Crippen molar-refractivity contribution in [2.24, 2.45) is 0 Å². The SMILES string of the molecule is O=C(NNc1ccc(F)cc1)C1CCCN1C(=O)NC1CCOCC1. The molecule has 2 heterocycles. The van der Waals surface area contributed by atoms with Gasteiger partial charge in [-0.3, -0.25) is 15.6 Å². The maximum absolute atomic E-state index is 12.9. The molecule has 2 aliphatic heterocycles. The zero-order valence-corrected chi connectivity index (χ0v) is 14.0. The van der Waals surface area contributed by atoms with Crippen molar-refractivity contribution in [1.82, 2.24) is 15.6 Å². The van der Waals surface area contributed by atoms with Crippen molar-refractivity contribution >= 4 is 17.6 Å². The Bertz CT molecular complexity index is 604. The zero-order valence-electron chi connectivity index (χ0n) is 14.0. The lowest BCUT2D eigenvalue weighted by atomic mass is 10.1. The number of carbonyl (C=O) groups is 2. The highest BCUT2D eigenvalue weighted by atomic mass is 19.1. The highest BCUT2D eigenvalue weighted by Crippen LogP contribution is 2.18. The number of carbonyl (C=O) groups excluding carboxylic acids is 2. The first-order valence-electron chi connectivity index (χ1n) is 8.60. The fraction of sp³-hybridized carbons (Fsp3) is 0.529. The normalized spacial score (nSPS) is 21.0. The Morgan fingerprint density at radius 1 is 1.12 bits per heavy atom. The van der Waals surface area contributed by atoms with Crippen molar-refractivity contribution < 1.29 is 18.7 Å². The van der Waals surface area contributed by atoms with Crippen LogP contribution in [0.1, 0.15) is 25.7 Å². The highest BCUT2D eigenvalue weighted by molar-refractivity contribution is 5.88. The molecule has 0 aliphatic carbocycles. The van der Waals surface area contributed by atoms with Gasteiger partial charge in [0.2, 0.25) is 0 Å². The van der Waals surface area contributed by atoms with Gasteiger partial charge in [0.1, 0.15) is 11.9 Å². The Balaban J connectivity index is 1.51. The van der Waals surface area contributed by atoms with Crippen LogP contribution in [0, 0.1) is 5.82 Å². The van der Waals surface area contributed by atoms with Crippen LogP contribution in [0.25, 0.3) is 0 Å². The third-order valence-electron chi connectivity index (χ3n) is 4.54. The van der Waals surface area contributed by atoms with Gasteiger partial charge in [-0.05, 0) is 49.9 Å². The average Bonchev–Trinajstić information content (AvgIpc) is 3.12. The molecular formula is C17H23FN4O3. The second-order valence-corrected chi connectivity index (χ2v) is 6.31. The Morgan fingerprint density at radius 3 is 2.56 bits per heavy atom. The number of hydrazine groups is 1. The van der Waals surface area contributed by atoms with E-state index in [0.717, 1.165) is 19.3 Å². The van der Waals surface area contributed by atoms with E-state index in [9.17, 15) is 14.0 Å². The smallest absolute Gasteiger partial charge is 0.318 e. The van der Waals surface area contributed by atoms with Gasteiger partial charge in [-0.2, -0.15) is 0 Å². The topological polar surface area (TPSA) is 82.7 Å². The van der Waals surface area contributed by atoms with Crippen molar-refractivity contribution in [2.45, 2.75) is 37.8 Å². The van der Waals surface area contributed by atoms with Gasteiger partial charge in [-0.15, -0.1) is 0 Å². The molecule has 7 nitrogen and oxygen atoms in total. The molecule has 1 atom stereocenters. The maximum atomic E-state index is 12.9. The molecule has 136 valence electrons. The minimum atomic E-state index is -0.507. The second-order valence-electron chi connectivity index (χ2n) is 6.31. The monoisotopic (exact) mass is 350 g/mol. The maximum Gasteiger partial charge on any atom is 0.318 e. The summed E-state index contributed by atoms with van der Waals surface area (Å²) in [6.45, 7) is 1.86. The summed E-state index contributed by atoms with van der Waals surface area (Å²) in [6.07, 6.45) is 3.00. The van der Waals surface area contributed by atoms with Crippen LogP contribution in [0.5, 0.6) is 0 Å². The van der Waals surface area contributed by atoms with Crippen LogP contribution in [-0.2, 0) is 9.53 Å². The first kappa shape index (κ1) is 17.5. The minimum absolute atomic E-state index is 0.0999. The summed E-state index contributed by atoms with van der Waals surface area (Å²) in [5, 5.41) is 2.99. The lowest BCUT2D eigenvalue weighted by molar-refractivity contribution is -0.124. The lowest BCUT2D eigenvalue weighted by Crippen LogP contribution is -2.53. The number of urea groups is 1. The van der Waals surface area contributed by atoms with E-state index in [2.05, 4.69) is 16.2 Å². The fourth-order valence-corrected chi connectivity index (χ4v) is 3.13. The number of hydrogen-bond acceptors (Lipinski definition) is 4. The predicted molar refractivity (Wildman–Crippen MR) is 90.3 cm³/mol. The molecule has 3 rings (SSSR count). The van der Waals surface area contributed by atoms with E-state index in [1.807, 2.05) is 0 Å². The molecule has 0 aromatic heterocycles. The van der Waals surface area contributed by atoms with E-state index in [1.165, 1.54) is 24.3 Å². The van der Waals surface area contributed by atoms with E-state index < -0.39 is 6.04 Å². The summed E-state index contributed by atoms with van der Waals surface area (Å²) >= 11 is 0. The van der Waals surface area contributed by atoms with Crippen LogP contribution in [0.3, 0.4) is 0 Å². The van der Waals surface area contributed by atoms with E-state index >= 15 is 0 Å². The lowest BCUT2D eigenvalue weighted by Gasteiger charge is -2.29. The first-order valence-corrected chi connectivity index (χ1v) is 8.60. The van der Waals surface area contributed by atoms with Gasteiger partial charge in [0.05, 0.1) is 5.69 Å². The molecule has 3 N–H and O–H groups in total. The highest BCUT2D eigenvalue weighted by Gasteiger charge is 2.35. The Labute approximate surface area is 145 Å². The summed E-state index contributed by atoms with van der Waals surface area (Å²) in [6, 6.07) is 5.05. The second kappa shape index (κ2) is 8.15. The standard InChI is InChI=1S/C17H23FN4O3/c18-12-3-5-14(6-4-12)20-21-16(23)15-2-1-9-22(15)17(24)19-13-7-10-25-11-8-13/h3-6,13,15,20H,1-2,7-11H2,(H,19,24)(H,21,23). The average molecular weight is 350 g/mol. The van der Waals surface area contributed by atoms with Gasteiger partial charge < -0.3 is 15.0 Å².